The largest absolute Gasteiger partial charge is 0.508 e. The molecule has 0 aliphatic heterocycles. The first-order valence-corrected chi connectivity index (χ1v) is 7.41. The fourth-order valence-corrected chi connectivity index (χ4v) is 2.93. The lowest BCUT2D eigenvalue weighted by molar-refractivity contribution is 0.321. The molecule has 0 atom stereocenters. The topological polar surface area (TPSA) is 96.7 Å². The predicted octanol–water partition coefficient (Wildman–Crippen LogP) is 3.18. The number of aromatic nitrogens is 3. The maximum atomic E-state index is 9.67. The van der Waals surface area contributed by atoms with Gasteiger partial charge in [0, 0.05) is 18.2 Å². The number of nitrogens with zero attached hydrogens (tertiary/aromatic N) is 4. The molecule has 0 spiro atoms. The molecule has 0 amide bonds. The Bertz CT molecular complexity index is 918. The highest BCUT2D eigenvalue weighted by Crippen LogP contribution is 2.39. The molecule has 0 bridgehead atoms. The van der Waals surface area contributed by atoms with Gasteiger partial charge in [-0.2, -0.15) is 5.10 Å². The highest BCUT2D eigenvalue weighted by molar-refractivity contribution is 5.96. The van der Waals surface area contributed by atoms with Crippen LogP contribution in [0.4, 0.5) is 0 Å². The van der Waals surface area contributed by atoms with Gasteiger partial charge in [0.2, 0.25) is 0 Å². The minimum Gasteiger partial charge on any atom is -0.508 e. The van der Waals surface area contributed by atoms with E-state index in [1.54, 1.807) is 23.9 Å². The summed E-state index contributed by atoms with van der Waals surface area (Å²) in [5.41, 5.74) is 5.42. The first-order valence-electron chi connectivity index (χ1n) is 7.41. The Kier molecular flexibility index (Phi) is 3.84. The van der Waals surface area contributed by atoms with Gasteiger partial charge in [0.05, 0.1) is 23.2 Å². The van der Waals surface area contributed by atoms with Gasteiger partial charge in [-0.15, -0.1) is 0 Å². The maximum absolute atomic E-state index is 9.67. The number of hydrogen-bond donors (Lipinski definition) is 2. The molecule has 7 heteroatoms. The molecule has 0 saturated carbocycles. The molecule has 0 aliphatic carbocycles. The predicted molar refractivity (Wildman–Crippen MR) is 89.4 cm³/mol. The first kappa shape index (κ1) is 15.8. The van der Waals surface area contributed by atoms with E-state index in [0.29, 0.717) is 17.1 Å². The molecule has 2 aromatic heterocycles. The Balaban J connectivity index is 2.37. The molecule has 2 heterocycles. The summed E-state index contributed by atoms with van der Waals surface area (Å²) in [6, 6.07) is 5.11. The van der Waals surface area contributed by atoms with Gasteiger partial charge in [-0.05, 0) is 44.5 Å². The molecule has 0 aliphatic rings. The Morgan fingerprint density at radius 2 is 1.96 bits per heavy atom. The average Bonchev–Trinajstić information content (AvgIpc) is 3.00. The third-order valence-electron chi connectivity index (χ3n) is 4.02. The van der Waals surface area contributed by atoms with Crippen molar-refractivity contribution in [3.05, 3.63) is 40.9 Å². The maximum Gasteiger partial charge on any atom is 0.141 e. The quantitative estimate of drug-likeness (QED) is 0.438. The minimum absolute atomic E-state index is 0.197. The van der Waals surface area contributed by atoms with Crippen molar-refractivity contribution in [3.8, 4) is 28.1 Å². The summed E-state index contributed by atoms with van der Waals surface area (Å²) in [5.74, 6) is 0.856. The van der Waals surface area contributed by atoms with E-state index in [-0.39, 0.29) is 5.75 Å². The molecule has 0 saturated heterocycles. The highest BCUT2D eigenvalue weighted by atomic mass is 16.5. The fraction of sp³-hybridized carbons (Fsp3) is 0.235. The van der Waals surface area contributed by atoms with E-state index < -0.39 is 0 Å². The number of phenols is 1. The molecule has 24 heavy (non-hydrogen) atoms. The van der Waals surface area contributed by atoms with Crippen molar-refractivity contribution in [3.63, 3.8) is 0 Å². The molecule has 0 radical (unpaired) electrons. The second-order valence-electron chi connectivity index (χ2n) is 5.68. The summed E-state index contributed by atoms with van der Waals surface area (Å²) in [6.07, 6.45) is 1.34. The van der Waals surface area contributed by atoms with Gasteiger partial charge in [0.25, 0.3) is 0 Å². The molecule has 0 unspecified atom stereocenters. The van der Waals surface area contributed by atoms with Crippen LogP contribution in [0, 0.1) is 20.8 Å². The molecular formula is C17H18N4O3. The first-order chi connectivity index (χ1) is 11.4. The number of aryl methyl sites for hydroxylation is 4. The lowest BCUT2D eigenvalue weighted by Gasteiger charge is -2.07. The monoisotopic (exact) mass is 326 g/mol. The number of benzene rings is 1. The Morgan fingerprint density at radius 1 is 1.21 bits per heavy atom. The van der Waals surface area contributed by atoms with Crippen LogP contribution in [0.5, 0.6) is 5.75 Å². The Hall–Kier alpha value is -3.09. The lowest BCUT2D eigenvalue weighted by atomic mass is 9.95. The van der Waals surface area contributed by atoms with E-state index in [4.69, 9.17) is 9.73 Å². The van der Waals surface area contributed by atoms with E-state index in [0.717, 1.165) is 27.9 Å². The van der Waals surface area contributed by atoms with E-state index >= 15 is 0 Å². The van der Waals surface area contributed by atoms with Crippen LogP contribution in [0.2, 0.25) is 0 Å². The lowest BCUT2D eigenvalue weighted by Crippen LogP contribution is -1.98. The van der Waals surface area contributed by atoms with E-state index in [2.05, 4.69) is 15.4 Å². The molecule has 3 aromatic rings. The van der Waals surface area contributed by atoms with Crippen molar-refractivity contribution in [2.45, 2.75) is 20.8 Å². The van der Waals surface area contributed by atoms with Crippen LogP contribution >= 0.6 is 0 Å². The smallest absolute Gasteiger partial charge is 0.141 e. The molecule has 2 N–H and O–H groups in total. The minimum atomic E-state index is 0.197. The van der Waals surface area contributed by atoms with Gasteiger partial charge in [0.15, 0.2) is 0 Å². The molecular weight excluding hydrogens is 308 g/mol. The second kappa shape index (κ2) is 5.84. The van der Waals surface area contributed by atoms with Crippen molar-refractivity contribution < 1.29 is 14.8 Å². The number of rotatable bonds is 3. The van der Waals surface area contributed by atoms with Gasteiger partial charge in [-0.1, -0.05) is 10.3 Å². The van der Waals surface area contributed by atoms with Gasteiger partial charge < -0.3 is 14.8 Å². The van der Waals surface area contributed by atoms with Crippen LogP contribution < -0.4 is 0 Å². The number of hydrogen-bond acceptors (Lipinski definition) is 6. The third-order valence-corrected chi connectivity index (χ3v) is 4.02. The SMILES string of the molecule is Cc1cc(O)ccc1-c1nn(C)c(/C=N\O)c1-c1c(C)noc1C. The van der Waals surface area contributed by atoms with Crippen molar-refractivity contribution >= 4 is 6.21 Å². The van der Waals surface area contributed by atoms with Crippen LogP contribution in [0.1, 0.15) is 22.7 Å². The van der Waals surface area contributed by atoms with Gasteiger partial charge >= 0.3 is 0 Å². The summed E-state index contributed by atoms with van der Waals surface area (Å²) in [6.45, 7) is 5.59. The molecule has 7 nitrogen and oxygen atoms in total. The van der Waals surface area contributed by atoms with E-state index in [9.17, 15) is 5.11 Å². The van der Waals surface area contributed by atoms with Crippen molar-refractivity contribution in [2.24, 2.45) is 12.2 Å². The number of aromatic hydroxyl groups is 1. The van der Waals surface area contributed by atoms with Gasteiger partial charge in [0.1, 0.15) is 17.2 Å². The average molecular weight is 326 g/mol. The zero-order valence-electron chi connectivity index (χ0n) is 13.9. The van der Waals surface area contributed by atoms with Crippen molar-refractivity contribution in [2.75, 3.05) is 0 Å². The summed E-state index contributed by atoms with van der Waals surface area (Å²) in [5, 5.41) is 30.5. The number of phenolic OH excluding ortho intramolecular Hbond substituents is 1. The second-order valence-corrected chi connectivity index (χ2v) is 5.68. The van der Waals surface area contributed by atoms with Gasteiger partial charge in [-0.25, -0.2) is 0 Å². The van der Waals surface area contributed by atoms with Crippen LogP contribution in [-0.4, -0.2) is 31.5 Å². The summed E-state index contributed by atoms with van der Waals surface area (Å²) < 4.78 is 6.94. The van der Waals surface area contributed by atoms with Crippen LogP contribution in [0.25, 0.3) is 22.4 Å². The Morgan fingerprint density at radius 3 is 2.54 bits per heavy atom. The molecule has 124 valence electrons. The van der Waals surface area contributed by atoms with Crippen LogP contribution in [0.15, 0.2) is 27.9 Å². The third kappa shape index (κ3) is 2.44. The molecule has 0 fully saturated rings. The standard InChI is InChI=1S/C17H18N4O3/c1-9-7-12(22)5-6-13(9)17-16(14(8-18-23)21(4)19-17)15-10(2)20-24-11(15)3/h5-8,22-23H,1-4H3/b18-8-. The summed E-state index contributed by atoms with van der Waals surface area (Å²) >= 11 is 0. The number of oxime groups is 1. The normalized spacial score (nSPS) is 11.5. The fourth-order valence-electron chi connectivity index (χ4n) is 2.93. The summed E-state index contributed by atoms with van der Waals surface area (Å²) in [4.78, 5) is 0. The summed E-state index contributed by atoms with van der Waals surface area (Å²) in [7, 11) is 1.78. The molecule has 1 aromatic carbocycles. The van der Waals surface area contributed by atoms with Gasteiger partial charge in [-0.3, -0.25) is 4.68 Å². The van der Waals surface area contributed by atoms with E-state index in [1.807, 2.05) is 26.8 Å². The van der Waals surface area contributed by atoms with Crippen molar-refractivity contribution in [1.29, 1.82) is 0 Å². The Labute approximate surface area is 138 Å². The zero-order valence-corrected chi connectivity index (χ0v) is 13.9. The highest BCUT2D eigenvalue weighted by Gasteiger charge is 2.24. The molecule has 3 rings (SSSR count). The van der Waals surface area contributed by atoms with Crippen LogP contribution in [-0.2, 0) is 7.05 Å². The van der Waals surface area contributed by atoms with E-state index in [1.165, 1.54) is 6.21 Å². The zero-order chi connectivity index (χ0) is 17.4. The van der Waals surface area contributed by atoms with Crippen LogP contribution in [0.3, 0.4) is 0 Å². The van der Waals surface area contributed by atoms with Crippen molar-refractivity contribution in [1.82, 2.24) is 14.9 Å².